The number of anilines is 1. The van der Waals surface area contributed by atoms with Gasteiger partial charge in [0.05, 0.1) is 5.69 Å². The molecule has 2 aromatic rings. The molecule has 0 saturated heterocycles. The van der Waals surface area contributed by atoms with Crippen LogP contribution in [0.2, 0.25) is 0 Å². The smallest absolute Gasteiger partial charge is 0.181 e. The van der Waals surface area contributed by atoms with E-state index in [4.69, 9.17) is 5.84 Å². The maximum absolute atomic E-state index is 5.54. The van der Waals surface area contributed by atoms with Crippen LogP contribution in [0.15, 0.2) is 21.2 Å². The number of nitrogens with two attached hydrogens (primary N) is 1. The van der Waals surface area contributed by atoms with Crippen LogP contribution in [-0.2, 0) is 11.5 Å². The van der Waals surface area contributed by atoms with Crippen molar-refractivity contribution in [3.63, 3.8) is 0 Å². The molecule has 98 valence electrons. The van der Waals surface area contributed by atoms with Crippen molar-refractivity contribution < 1.29 is 0 Å². The van der Waals surface area contributed by atoms with E-state index in [9.17, 15) is 0 Å². The van der Waals surface area contributed by atoms with Gasteiger partial charge < -0.3 is 5.43 Å². The van der Waals surface area contributed by atoms with Crippen molar-refractivity contribution in [1.82, 2.24) is 15.0 Å². The first-order valence-corrected chi connectivity index (χ1v) is 8.18. The van der Waals surface area contributed by atoms with Gasteiger partial charge in [-0.15, -0.1) is 0 Å². The second-order valence-corrected chi connectivity index (χ2v) is 6.70. The summed E-state index contributed by atoms with van der Waals surface area (Å²) < 4.78 is 1.74. The molecule has 1 aliphatic heterocycles. The zero-order valence-electron chi connectivity index (χ0n) is 9.65. The number of pyridine rings is 1. The largest absolute Gasteiger partial charge is 0.308 e. The molecule has 0 bridgehead atoms. The standard InChI is InChI=1S/C11H9Br2N5S/c12-5-1-7(13)9(15-2-5)11-16-8-4-19-3-6(8)10(17-11)18-14/h1-2H,3-4,14H2,(H,16,17,18). The molecule has 0 aliphatic carbocycles. The van der Waals surface area contributed by atoms with E-state index >= 15 is 0 Å². The first-order chi connectivity index (χ1) is 9.19. The number of hydrogen-bond acceptors (Lipinski definition) is 6. The number of hydrazine groups is 1. The molecule has 3 heterocycles. The lowest BCUT2D eigenvalue weighted by Crippen LogP contribution is -2.13. The van der Waals surface area contributed by atoms with Crippen LogP contribution in [0.3, 0.4) is 0 Å². The Labute approximate surface area is 131 Å². The summed E-state index contributed by atoms with van der Waals surface area (Å²) in [4.78, 5) is 13.4. The Hall–Kier alpha value is -0.700. The maximum atomic E-state index is 5.54. The van der Waals surface area contributed by atoms with Gasteiger partial charge >= 0.3 is 0 Å². The number of nitrogens with zero attached hydrogens (tertiary/aromatic N) is 3. The van der Waals surface area contributed by atoms with Crippen molar-refractivity contribution in [3.05, 3.63) is 32.5 Å². The molecule has 19 heavy (non-hydrogen) atoms. The number of thioether (sulfide) groups is 1. The van der Waals surface area contributed by atoms with E-state index in [1.165, 1.54) is 0 Å². The van der Waals surface area contributed by atoms with Crippen molar-refractivity contribution in [2.45, 2.75) is 11.5 Å². The fourth-order valence-corrected chi connectivity index (χ4v) is 4.06. The first-order valence-electron chi connectivity index (χ1n) is 5.44. The minimum absolute atomic E-state index is 0.577. The summed E-state index contributed by atoms with van der Waals surface area (Å²) in [5.41, 5.74) is 5.47. The highest BCUT2D eigenvalue weighted by Gasteiger charge is 2.21. The molecule has 5 nitrogen and oxygen atoms in total. The number of fused-ring (bicyclic) bond motifs is 1. The molecular weight excluding hydrogens is 394 g/mol. The highest BCUT2D eigenvalue weighted by Crippen LogP contribution is 2.35. The summed E-state index contributed by atoms with van der Waals surface area (Å²) in [5, 5.41) is 0. The Bertz CT molecular complexity index is 649. The highest BCUT2D eigenvalue weighted by molar-refractivity contribution is 9.11. The first kappa shape index (κ1) is 13.3. The van der Waals surface area contributed by atoms with E-state index in [1.54, 1.807) is 18.0 Å². The number of aromatic nitrogens is 3. The molecule has 2 aromatic heterocycles. The number of halogens is 2. The third-order valence-electron chi connectivity index (χ3n) is 2.73. The monoisotopic (exact) mass is 401 g/mol. The van der Waals surface area contributed by atoms with E-state index in [-0.39, 0.29) is 0 Å². The topological polar surface area (TPSA) is 76.7 Å². The molecule has 0 fully saturated rings. The Balaban J connectivity index is 2.15. The number of nitrogen functional groups attached to an aromatic ring is 1. The molecule has 0 aromatic carbocycles. The SMILES string of the molecule is NNc1nc(-c2ncc(Br)cc2Br)nc2c1CSC2. The van der Waals surface area contributed by atoms with Crippen LogP contribution in [-0.4, -0.2) is 15.0 Å². The molecule has 0 spiro atoms. The third kappa shape index (κ3) is 2.49. The van der Waals surface area contributed by atoms with Crippen LogP contribution < -0.4 is 11.3 Å². The van der Waals surface area contributed by atoms with Gasteiger partial charge in [-0.1, -0.05) is 0 Å². The Morgan fingerprint density at radius 1 is 1.26 bits per heavy atom. The van der Waals surface area contributed by atoms with Gasteiger partial charge in [0.25, 0.3) is 0 Å². The predicted octanol–water partition coefficient (Wildman–Crippen LogP) is 3.10. The van der Waals surface area contributed by atoms with Gasteiger partial charge in [-0.2, -0.15) is 11.8 Å². The molecule has 0 atom stereocenters. The van der Waals surface area contributed by atoms with Crippen LogP contribution in [0.4, 0.5) is 5.82 Å². The van der Waals surface area contributed by atoms with Gasteiger partial charge in [-0.3, -0.25) is 4.98 Å². The zero-order valence-corrected chi connectivity index (χ0v) is 13.6. The Morgan fingerprint density at radius 2 is 2.11 bits per heavy atom. The summed E-state index contributed by atoms with van der Waals surface area (Å²) in [6, 6.07) is 1.92. The minimum atomic E-state index is 0.577. The minimum Gasteiger partial charge on any atom is -0.308 e. The molecule has 0 unspecified atom stereocenters. The average Bonchev–Trinajstić information content (AvgIpc) is 2.85. The summed E-state index contributed by atoms with van der Waals surface area (Å²) in [6.07, 6.45) is 1.72. The van der Waals surface area contributed by atoms with E-state index in [2.05, 4.69) is 52.2 Å². The van der Waals surface area contributed by atoms with Gasteiger partial charge in [0, 0.05) is 32.2 Å². The van der Waals surface area contributed by atoms with Gasteiger partial charge in [0.15, 0.2) is 5.82 Å². The van der Waals surface area contributed by atoms with Crippen molar-refractivity contribution in [1.29, 1.82) is 0 Å². The summed E-state index contributed by atoms with van der Waals surface area (Å²) in [7, 11) is 0. The van der Waals surface area contributed by atoms with Crippen LogP contribution >= 0.6 is 43.6 Å². The number of hydrogen-bond donors (Lipinski definition) is 2. The fourth-order valence-electron chi connectivity index (χ4n) is 1.86. The van der Waals surface area contributed by atoms with Crippen molar-refractivity contribution in [2.24, 2.45) is 5.84 Å². The van der Waals surface area contributed by atoms with Crippen molar-refractivity contribution >= 4 is 49.4 Å². The summed E-state index contributed by atoms with van der Waals surface area (Å²) in [5.74, 6) is 8.58. The van der Waals surface area contributed by atoms with Crippen LogP contribution in [0.5, 0.6) is 0 Å². The van der Waals surface area contributed by atoms with Gasteiger partial charge in [-0.05, 0) is 37.9 Å². The molecule has 1 aliphatic rings. The highest BCUT2D eigenvalue weighted by atomic mass is 79.9. The quantitative estimate of drug-likeness (QED) is 0.593. The number of rotatable bonds is 2. The second-order valence-electron chi connectivity index (χ2n) is 3.94. The third-order valence-corrected chi connectivity index (χ3v) is 4.74. The van der Waals surface area contributed by atoms with Gasteiger partial charge in [-0.25, -0.2) is 15.8 Å². The summed E-state index contributed by atoms with van der Waals surface area (Å²) in [6.45, 7) is 0. The molecule has 3 rings (SSSR count). The van der Waals surface area contributed by atoms with Crippen LogP contribution in [0.25, 0.3) is 11.5 Å². The van der Waals surface area contributed by atoms with E-state index in [0.29, 0.717) is 17.3 Å². The van der Waals surface area contributed by atoms with Crippen LogP contribution in [0.1, 0.15) is 11.3 Å². The molecule has 3 N–H and O–H groups in total. The molecule has 0 saturated carbocycles. The van der Waals surface area contributed by atoms with E-state index in [0.717, 1.165) is 31.7 Å². The van der Waals surface area contributed by atoms with Gasteiger partial charge in [0.1, 0.15) is 11.5 Å². The van der Waals surface area contributed by atoms with Crippen molar-refractivity contribution in [3.8, 4) is 11.5 Å². The molecule has 0 amide bonds. The molecule has 8 heteroatoms. The maximum Gasteiger partial charge on any atom is 0.181 e. The van der Waals surface area contributed by atoms with E-state index in [1.807, 2.05) is 6.07 Å². The lowest BCUT2D eigenvalue weighted by atomic mass is 10.2. The molecular formula is C11H9Br2N5S. The normalized spacial score (nSPS) is 13.4. The predicted molar refractivity (Wildman–Crippen MR) is 83.5 cm³/mol. The summed E-state index contributed by atoms with van der Waals surface area (Å²) >= 11 is 8.66. The Kier molecular flexibility index (Phi) is 3.75. The number of nitrogens with one attached hydrogen (secondary N) is 1. The average molecular weight is 403 g/mol. The lowest BCUT2D eigenvalue weighted by Gasteiger charge is -2.09. The van der Waals surface area contributed by atoms with E-state index < -0.39 is 0 Å². The van der Waals surface area contributed by atoms with Crippen molar-refractivity contribution in [2.75, 3.05) is 5.43 Å². The molecule has 0 radical (unpaired) electrons. The zero-order chi connectivity index (χ0) is 13.4. The Morgan fingerprint density at radius 3 is 2.84 bits per heavy atom. The second kappa shape index (κ2) is 5.35. The van der Waals surface area contributed by atoms with Crippen LogP contribution in [0, 0.1) is 0 Å². The van der Waals surface area contributed by atoms with Gasteiger partial charge in [0.2, 0.25) is 0 Å². The fraction of sp³-hybridized carbons (Fsp3) is 0.182. The lowest BCUT2D eigenvalue weighted by molar-refractivity contribution is 1.04.